The molecule has 0 spiro atoms. The molecule has 14 heavy (non-hydrogen) atoms. The highest BCUT2D eigenvalue weighted by Crippen LogP contribution is 2.20. The lowest BCUT2D eigenvalue weighted by molar-refractivity contribution is 0.598. The Hall–Kier alpha value is -0.470. The van der Waals surface area contributed by atoms with Gasteiger partial charge in [-0.25, -0.2) is 0 Å². The molecule has 78 valence electrons. The fourth-order valence-corrected chi connectivity index (χ4v) is 2.11. The number of rotatable bonds is 5. The molecule has 1 rings (SSSR count). The molecule has 0 aromatic heterocycles. The normalized spacial score (nSPS) is 12.8. The molecule has 1 aromatic carbocycles. The minimum absolute atomic E-state index is 0.459. The van der Waals surface area contributed by atoms with Gasteiger partial charge in [-0.1, -0.05) is 26.0 Å². The Balaban J connectivity index is 2.62. The van der Waals surface area contributed by atoms with Crippen LogP contribution >= 0.6 is 11.8 Å². The van der Waals surface area contributed by atoms with Crippen LogP contribution in [0, 0.1) is 0 Å². The van der Waals surface area contributed by atoms with E-state index in [0.29, 0.717) is 6.04 Å². The van der Waals surface area contributed by atoms with Crippen LogP contribution in [-0.2, 0) is 0 Å². The highest BCUT2D eigenvalue weighted by atomic mass is 32.2. The first-order chi connectivity index (χ1) is 6.77. The lowest BCUT2D eigenvalue weighted by Gasteiger charge is -2.12. The van der Waals surface area contributed by atoms with Gasteiger partial charge in [-0.05, 0) is 36.9 Å². The van der Waals surface area contributed by atoms with Gasteiger partial charge in [0.25, 0.3) is 0 Å². The van der Waals surface area contributed by atoms with E-state index in [1.807, 2.05) is 11.8 Å². The molecule has 0 bridgehead atoms. The molecule has 0 fully saturated rings. The molecule has 0 aliphatic heterocycles. The SMILES string of the molecule is CCNC(C)c1ccc(SCC)cc1. The van der Waals surface area contributed by atoms with E-state index < -0.39 is 0 Å². The number of nitrogens with one attached hydrogen (secondary N) is 1. The first kappa shape index (κ1) is 11.6. The fourth-order valence-electron chi connectivity index (χ4n) is 1.44. The molecule has 1 atom stereocenters. The van der Waals surface area contributed by atoms with Gasteiger partial charge in [0.2, 0.25) is 0 Å². The van der Waals surface area contributed by atoms with Crippen LogP contribution in [-0.4, -0.2) is 12.3 Å². The van der Waals surface area contributed by atoms with Crippen LogP contribution in [0.1, 0.15) is 32.4 Å². The average Bonchev–Trinajstić information content (AvgIpc) is 2.20. The van der Waals surface area contributed by atoms with Crippen LogP contribution in [0.5, 0.6) is 0 Å². The maximum atomic E-state index is 3.41. The van der Waals surface area contributed by atoms with Crippen LogP contribution in [0.15, 0.2) is 29.2 Å². The number of hydrogen-bond donors (Lipinski definition) is 1. The van der Waals surface area contributed by atoms with E-state index in [-0.39, 0.29) is 0 Å². The van der Waals surface area contributed by atoms with Gasteiger partial charge >= 0.3 is 0 Å². The van der Waals surface area contributed by atoms with Crippen LogP contribution in [0.3, 0.4) is 0 Å². The van der Waals surface area contributed by atoms with Crippen LogP contribution in [0.4, 0.5) is 0 Å². The van der Waals surface area contributed by atoms with Gasteiger partial charge < -0.3 is 5.32 Å². The van der Waals surface area contributed by atoms with Gasteiger partial charge in [0, 0.05) is 10.9 Å². The maximum Gasteiger partial charge on any atom is 0.0291 e. The maximum absolute atomic E-state index is 3.41. The van der Waals surface area contributed by atoms with Crippen molar-refractivity contribution in [2.75, 3.05) is 12.3 Å². The van der Waals surface area contributed by atoms with Crippen molar-refractivity contribution in [1.29, 1.82) is 0 Å². The number of thioether (sulfide) groups is 1. The van der Waals surface area contributed by atoms with E-state index in [0.717, 1.165) is 12.3 Å². The summed E-state index contributed by atoms with van der Waals surface area (Å²) in [6.07, 6.45) is 0. The third-order valence-corrected chi connectivity index (χ3v) is 3.10. The molecule has 0 aliphatic rings. The standard InChI is InChI=1S/C12H19NS/c1-4-13-10(3)11-6-8-12(9-7-11)14-5-2/h6-10,13H,4-5H2,1-3H3. The van der Waals surface area contributed by atoms with Gasteiger partial charge in [-0.3, -0.25) is 0 Å². The zero-order chi connectivity index (χ0) is 10.4. The topological polar surface area (TPSA) is 12.0 Å². The zero-order valence-corrected chi connectivity index (χ0v) is 10.0. The minimum atomic E-state index is 0.459. The van der Waals surface area contributed by atoms with Crippen LogP contribution in [0.2, 0.25) is 0 Å². The number of hydrogen-bond acceptors (Lipinski definition) is 2. The van der Waals surface area contributed by atoms with E-state index in [4.69, 9.17) is 0 Å². The van der Waals surface area contributed by atoms with Crippen molar-refractivity contribution in [2.24, 2.45) is 0 Å². The molecule has 1 unspecified atom stereocenters. The second-order valence-electron chi connectivity index (χ2n) is 3.28. The van der Waals surface area contributed by atoms with Gasteiger partial charge in [0.1, 0.15) is 0 Å². The van der Waals surface area contributed by atoms with Crippen molar-refractivity contribution in [2.45, 2.75) is 31.7 Å². The van der Waals surface area contributed by atoms with Crippen molar-refractivity contribution in [3.63, 3.8) is 0 Å². The van der Waals surface area contributed by atoms with E-state index >= 15 is 0 Å². The largest absolute Gasteiger partial charge is 0.310 e. The van der Waals surface area contributed by atoms with Crippen LogP contribution in [0.25, 0.3) is 0 Å². The van der Waals surface area contributed by atoms with E-state index in [2.05, 4.69) is 50.4 Å². The third kappa shape index (κ3) is 3.35. The lowest BCUT2D eigenvalue weighted by Crippen LogP contribution is -2.17. The van der Waals surface area contributed by atoms with Gasteiger partial charge in [0.15, 0.2) is 0 Å². The quantitative estimate of drug-likeness (QED) is 0.745. The van der Waals surface area contributed by atoms with Crippen molar-refractivity contribution in [3.05, 3.63) is 29.8 Å². The van der Waals surface area contributed by atoms with Crippen molar-refractivity contribution >= 4 is 11.8 Å². The second kappa shape index (κ2) is 6.10. The first-order valence-corrected chi connectivity index (χ1v) is 6.22. The second-order valence-corrected chi connectivity index (χ2v) is 4.62. The molecule has 0 saturated heterocycles. The summed E-state index contributed by atoms with van der Waals surface area (Å²) in [4.78, 5) is 1.36. The first-order valence-electron chi connectivity index (χ1n) is 5.24. The molecule has 1 aromatic rings. The third-order valence-electron chi connectivity index (χ3n) is 2.20. The lowest BCUT2D eigenvalue weighted by atomic mass is 10.1. The summed E-state index contributed by atoms with van der Waals surface area (Å²) in [5.41, 5.74) is 1.37. The molecular formula is C12H19NS. The average molecular weight is 209 g/mol. The Morgan fingerprint density at radius 3 is 2.36 bits per heavy atom. The Bertz CT molecular complexity index is 256. The predicted octanol–water partition coefficient (Wildman–Crippen LogP) is 3.47. The molecular weight excluding hydrogens is 190 g/mol. The zero-order valence-electron chi connectivity index (χ0n) is 9.21. The predicted molar refractivity (Wildman–Crippen MR) is 64.9 cm³/mol. The summed E-state index contributed by atoms with van der Waals surface area (Å²) in [6.45, 7) is 7.54. The molecule has 0 radical (unpaired) electrons. The summed E-state index contributed by atoms with van der Waals surface area (Å²) in [7, 11) is 0. The number of benzene rings is 1. The summed E-state index contributed by atoms with van der Waals surface area (Å²) in [5.74, 6) is 1.14. The van der Waals surface area contributed by atoms with Gasteiger partial charge in [-0.2, -0.15) is 0 Å². The molecule has 0 heterocycles. The van der Waals surface area contributed by atoms with E-state index in [9.17, 15) is 0 Å². The molecule has 0 amide bonds. The van der Waals surface area contributed by atoms with E-state index in [1.54, 1.807) is 0 Å². The Morgan fingerprint density at radius 1 is 1.21 bits per heavy atom. The van der Waals surface area contributed by atoms with E-state index in [1.165, 1.54) is 10.5 Å². The van der Waals surface area contributed by atoms with Gasteiger partial charge in [0.05, 0.1) is 0 Å². The molecule has 1 nitrogen and oxygen atoms in total. The molecule has 0 saturated carbocycles. The summed E-state index contributed by atoms with van der Waals surface area (Å²) < 4.78 is 0. The fraction of sp³-hybridized carbons (Fsp3) is 0.500. The van der Waals surface area contributed by atoms with Crippen molar-refractivity contribution in [3.8, 4) is 0 Å². The Morgan fingerprint density at radius 2 is 1.86 bits per heavy atom. The summed E-state index contributed by atoms with van der Waals surface area (Å²) in [5, 5.41) is 3.41. The highest BCUT2D eigenvalue weighted by Gasteiger charge is 2.02. The van der Waals surface area contributed by atoms with Crippen molar-refractivity contribution < 1.29 is 0 Å². The minimum Gasteiger partial charge on any atom is -0.310 e. The Labute approximate surface area is 91.3 Å². The monoisotopic (exact) mass is 209 g/mol. The highest BCUT2D eigenvalue weighted by molar-refractivity contribution is 7.99. The van der Waals surface area contributed by atoms with Gasteiger partial charge in [-0.15, -0.1) is 11.8 Å². The smallest absolute Gasteiger partial charge is 0.0291 e. The molecule has 0 aliphatic carbocycles. The van der Waals surface area contributed by atoms with Crippen LogP contribution < -0.4 is 5.32 Å². The summed E-state index contributed by atoms with van der Waals surface area (Å²) >= 11 is 1.89. The van der Waals surface area contributed by atoms with Crippen molar-refractivity contribution in [1.82, 2.24) is 5.32 Å². The molecule has 1 N–H and O–H groups in total. The summed E-state index contributed by atoms with van der Waals surface area (Å²) in [6, 6.07) is 9.30. The Kier molecular flexibility index (Phi) is 5.05. The molecule has 2 heteroatoms.